The van der Waals surface area contributed by atoms with Gasteiger partial charge in [-0.25, -0.2) is 5.43 Å². The Balaban J connectivity index is 1.59. The number of amides is 1. The van der Waals surface area contributed by atoms with E-state index >= 15 is 0 Å². The molecule has 6 heteroatoms. The molecular weight excluding hydrogens is 406 g/mol. The first kappa shape index (κ1) is 17.3. The Morgan fingerprint density at radius 1 is 1.15 bits per heavy atom. The van der Waals surface area contributed by atoms with Crippen LogP contribution in [0.4, 0.5) is 0 Å². The molecule has 1 amide bonds. The number of halogens is 1. The van der Waals surface area contributed by atoms with Gasteiger partial charge in [0.15, 0.2) is 0 Å². The summed E-state index contributed by atoms with van der Waals surface area (Å²) in [6.45, 7) is 0. The van der Waals surface area contributed by atoms with Crippen molar-refractivity contribution in [1.82, 2.24) is 10.4 Å². The van der Waals surface area contributed by atoms with Crippen molar-refractivity contribution in [3.8, 4) is 5.75 Å². The number of methoxy groups -OCH3 is 1. The molecule has 0 saturated heterocycles. The highest BCUT2D eigenvalue weighted by Crippen LogP contribution is 2.26. The summed E-state index contributed by atoms with van der Waals surface area (Å²) in [5, 5.41) is 7.11. The lowest BCUT2D eigenvalue weighted by molar-refractivity contribution is 0.0952. The predicted octanol–water partition coefficient (Wildman–Crippen LogP) is 4.86. The zero-order valence-electron chi connectivity index (χ0n) is 14.5. The zero-order valence-corrected chi connectivity index (χ0v) is 16.1. The van der Waals surface area contributed by atoms with Gasteiger partial charge in [-0.3, -0.25) is 4.79 Å². The Hall–Kier alpha value is -3.12. The lowest BCUT2D eigenvalue weighted by Gasteiger charge is -2.09. The summed E-state index contributed by atoms with van der Waals surface area (Å²) in [7, 11) is 1.55. The molecule has 2 N–H and O–H groups in total. The number of aromatic nitrogens is 1. The molecule has 0 bridgehead atoms. The Morgan fingerprint density at radius 2 is 1.93 bits per heavy atom. The molecule has 0 aliphatic heterocycles. The Kier molecular flexibility index (Phi) is 4.64. The van der Waals surface area contributed by atoms with Gasteiger partial charge in [-0.2, -0.15) is 5.10 Å². The molecular formula is C21H16BrN3O2. The number of ether oxygens (including phenoxy) is 1. The summed E-state index contributed by atoms with van der Waals surface area (Å²) in [4.78, 5) is 15.8. The van der Waals surface area contributed by atoms with Gasteiger partial charge in [0, 0.05) is 27.1 Å². The Morgan fingerprint density at radius 3 is 2.70 bits per heavy atom. The maximum absolute atomic E-state index is 12.6. The normalized spacial score (nSPS) is 11.3. The van der Waals surface area contributed by atoms with Crippen molar-refractivity contribution in [2.45, 2.75) is 0 Å². The van der Waals surface area contributed by atoms with Crippen LogP contribution in [0, 0.1) is 0 Å². The van der Waals surface area contributed by atoms with Gasteiger partial charge < -0.3 is 9.72 Å². The number of hydrogen-bond acceptors (Lipinski definition) is 3. The van der Waals surface area contributed by atoms with E-state index in [-0.39, 0.29) is 5.91 Å². The lowest BCUT2D eigenvalue weighted by atomic mass is 10.1. The molecule has 0 aliphatic carbocycles. The van der Waals surface area contributed by atoms with Crippen molar-refractivity contribution >= 4 is 49.7 Å². The summed E-state index contributed by atoms with van der Waals surface area (Å²) in [5.41, 5.74) is 4.91. The average Bonchev–Trinajstić information content (AvgIpc) is 3.09. The van der Waals surface area contributed by atoms with Gasteiger partial charge in [-0.1, -0.05) is 40.2 Å². The number of carbonyl (C=O) groups is 1. The van der Waals surface area contributed by atoms with Crippen LogP contribution >= 0.6 is 15.9 Å². The smallest absolute Gasteiger partial charge is 0.275 e. The van der Waals surface area contributed by atoms with E-state index in [0.29, 0.717) is 11.3 Å². The number of hydrogen-bond donors (Lipinski definition) is 2. The highest BCUT2D eigenvalue weighted by atomic mass is 79.9. The molecule has 1 heterocycles. The van der Waals surface area contributed by atoms with Crippen LogP contribution in [-0.2, 0) is 0 Å². The molecule has 0 unspecified atom stereocenters. The van der Waals surface area contributed by atoms with Gasteiger partial charge >= 0.3 is 0 Å². The largest absolute Gasteiger partial charge is 0.496 e. The first-order chi connectivity index (χ1) is 13.2. The molecule has 0 saturated carbocycles. The van der Waals surface area contributed by atoms with E-state index in [4.69, 9.17) is 4.74 Å². The van der Waals surface area contributed by atoms with Gasteiger partial charge in [0.1, 0.15) is 5.75 Å². The molecule has 3 aromatic carbocycles. The molecule has 0 radical (unpaired) electrons. The Bertz CT molecular complexity index is 1180. The monoisotopic (exact) mass is 421 g/mol. The number of nitrogens with zero attached hydrogens (tertiary/aromatic N) is 1. The maximum atomic E-state index is 12.6. The number of aromatic amines is 1. The SMILES string of the molecule is COc1cc2ccccc2cc1C(=O)NN=Cc1c[nH]c2ccc(Br)cc12. The highest BCUT2D eigenvalue weighted by molar-refractivity contribution is 9.10. The van der Waals surface area contributed by atoms with Crippen molar-refractivity contribution in [3.05, 3.63) is 76.4 Å². The first-order valence-electron chi connectivity index (χ1n) is 8.32. The van der Waals surface area contributed by atoms with Crippen molar-refractivity contribution in [3.63, 3.8) is 0 Å². The van der Waals surface area contributed by atoms with Crippen molar-refractivity contribution < 1.29 is 9.53 Å². The van der Waals surface area contributed by atoms with Gasteiger partial charge in [0.05, 0.1) is 18.9 Å². The van der Waals surface area contributed by atoms with Crippen LogP contribution in [0.2, 0.25) is 0 Å². The third kappa shape index (κ3) is 3.44. The standard InChI is InChI=1S/C21H16BrN3O2/c1-27-20-9-14-5-3-2-4-13(14)8-18(20)21(26)25-24-12-15-11-23-19-7-6-16(22)10-17(15)19/h2-12,23H,1H3,(H,25,26). The van der Waals surface area contributed by atoms with Crippen molar-refractivity contribution in [2.24, 2.45) is 5.10 Å². The minimum atomic E-state index is -0.324. The number of nitrogens with one attached hydrogen (secondary N) is 2. The van der Waals surface area contributed by atoms with Crippen LogP contribution in [-0.4, -0.2) is 24.2 Å². The number of hydrazone groups is 1. The van der Waals surface area contributed by atoms with Gasteiger partial charge in [-0.15, -0.1) is 0 Å². The fourth-order valence-corrected chi connectivity index (χ4v) is 3.37. The average molecular weight is 422 g/mol. The second-order valence-corrected chi connectivity index (χ2v) is 6.95. The molecule has 134 valence electrons. The minimum Gasteiger partial charge on any atom is -0.496 e. The second-order valence-electron chi connectivity index (χ2n) is 6.03. The summed E-state index contributed by atoms with van der Waals surface area (Å²) >= 11 is 3.47. The summed E-state index contributed by atoms with van der Waals surface area (Å²) < 4.78 is 6.36. The third-order valence-electron chi connectivity index (χ3n) is 4.36. The van der Waals surface area contributed by atoms with E-state index in [1.54, 1.807) is 13.3 Å². The highest BCUT2D eigenvalue weighted by Gasteiger charge is 2.13. The molecule has 1 aromatic heterocycles. The lowest BCUT2D eigenvalue weighted by Crippen LogP contribution is -2.18. The molecule has 0 atom stereocenters. The van der Waals surface area contributed by atoms with Crippen molar-refractivity contribution in [1.29, 1.82) is 0 Å². The van der Waals surface area contributed by atoms with Gasteiger partial charge in [0.25, 0.3) is 5.91 Å². The van der Waals surface area contributed by atoms with Crippen LogP contribution in [0.5, 0.6) is 5.75 Å². The summed E-state index contributed by atoms with van der Waals surface area (Å²) in [5.74, 6) is 0.187. The number of H-pyrrole nitrogens is 1. The van der Waals surface area contributed by atoms with E-state index in [1.807, 2.05) is 60.8 Å². The molecule has 0 fully saturated rings. The predicted molar refractivity (Wildman–Crippen MR) is 112 cm³/mol. The van der Waals surface area contributed by atoms with E-state index < -0.39 is 0 Å². The van der Waals surface area contributed by atoms with Crippen LogP contribution < -0.4 is 10.2 Å². The topological polar surface area (TPSA) is 66.5 Å². The zero-order chi connectivity index (χ0) is 18.8. The van der Waals surface area contributed by atoms with E-state index in [2.05, 4.69) is 31.4 Å². The van der Waals surface area contributed by atoms with Crippen LogP contribution in [0.1, 0.15) is 15.9 Å². The van der Waals surface area contributed by atoms with Gasteiger partial charge in [0.2, 0.25) is 0 Å². The molecule has 0 spiro atoms. The van der Waals surface area contributed by atoms with Crippen molar-refractivity contribution in [2.75, 3.05) is 7.11 Å². The molecule has 4 aromatic rings. The van der Waals surface area contributed by atoms with E-state index in [1.165, 1.54) is 0 Å². The quantitative estimate of drug-likeness (QED) is 0.365. The number of carbonyl (C=O) groups excluding carboxylic acids is 1. The number of benzene rings is 3. The summed E-state index contributed by atoms with van der Waals surface area (Å²) in [6, 6.07) is 17.4. The number of rotatable bonds is 4. The summed E-state index contributed by atoms with van der Waals surface area (Å²) in [6.07, 6.45) is 3.47. The fourth-order valence-electron chi connectivity index (χ4n) is 3.01. The second kappa shape index (κ2) is 7.25. The maximum Gasteiger partial charge on any atom is 0.275 e. The molecule has 5 nitrogen and oxygen atoms in total. The fraction of sp³-hybridized carbons (Fsp3) is 0.0476. The molecule has 27 heavy (non-hydrogen) atoms. The van der Waals surface area contributed by atoms with E-state index in [0.717, 1.165) is 31.7 Å². The number of fused-ring (bicyclic) bond motifs is 2. The first-order valence-corrected chi connectivity index (χ1v) is 9.12. The minimum absolute atomic E-state index is 0.324. The third-order valence-corrected chi connectivity index (χ3v) is 4.85. The van der Waals surface area contributed by atoms with Gasteiger partial charge in [-0.05, 0) is 41.1 Å². The van der Waals surface area contributed by atoms with E-state index in [9.17, 15) is 4.79 Å². The van der Waals surface area contributed by atoms with Crippen LogP contribution in [0.3, 0.4) is 0 Å². The van der Waals surface area contributed by atoms with Crippen LogP contribution in [0.15, 0.2) is 70.4 Å². The molecule has 4 rings (SSSR count). The Labute approximate surface area is 164 Å². The molecule has 0 aliphatic rings. The van der Waals surface area contributed by atoms with Crippen LogP contribution in [0.25, 0.3) is 21.7 Å².